The van der Waals surface area contributed by atoms with Crippen molar-refractivity contribution in [2.75, 3.05) is 0 Å². The Bertz CT molecular complexity index is 1530. The van der Waals surface area contributed by atoms with Crippen molar-refractivity contribution in [1.82, 2.24) is 9.88 Å². The molecule has 3 aromatic carbocycles. The predicted molar refractivity (Wildman–Crippen MR) is 131 cm³/mol. The third-order valence-electron chi connectivity index (χ3n) is 5.21. The van der Waals surface area contributed by atoms with Crippen LogP contribution in [0, 0.1) is 17.1 Å². The highest BCUT2D eigenvalue weighted by atomic mass is 32.1. The van der Waals surface area contributed by atoms with Crippen molar-refractivity contribution in [2.45, 2.75) is 13.0 Å². The first-order chi connectivity index (χ1) is 16.5. The number of halogens is 1. The van der Waals surface area contributed by atoms with E-state index in [1.165, 1.54) is 16.7 Å². The normalized spacial score (nSPS) is 13.1. The molecule has 0 aliphatic heterocycles. The largest absolute Gasteiger partial charge is 0.345 e. The van der Waals surface area contributed by atoms with E-state index in [2.05, 4.69) is 5.32 Å². The van der Waals surface area contributed by atoms with Crippen LogP contribution in [0.15, 0.2) is 89.7 Å². The first-order valence-electron chi connectivity index (χ1n) is 10.5. The number of hydrogen-bond donors (Lipinski definition) is 1. The van der Waals surface area contributed by atoms with Gasteiger partial charge in [-0.3, -0.25) is 14.2 Å². The summed E-state index contributed by atoms with van der Waals surface area (Å²) in [6.45, 7) is 1.83. The lowest BCUT2D eigenvalue weighted by Crippen LogP contribution is -2.34. The van der Waals surface area contributed by atoms with Gasteiger partial charge in [0.25, 0.3) is 11.5 Å². The Balaban J connectivity index is 1.89. The van der Waals surface area contributed by atoms with Crippen LogP contribution >= 0.6 is 11.3 Å². The summed E-state index contributed by atoms with van der Waals surface area (Å²) in [6, 6.07) is 25.6. The average Bonchev–Trinajstić information content (AvgIpc) is 3.17. The highest BCUT2D eigenvalue weighted by molar-refractivity contribution is 7.07. The van der Waals surface area contributed by atoms with E-state index in [0.717, 1.165) is 16.9 Å². The number of benzene rings is 3. The Morgan fingerprint density at radius 2 is 1.65 bits per heavy atom. The van der Waals surface area contributed by atoms with Crippen molar-refractivity contribution in [3.63, 3.8) is 0 Å². The molecule has 0 spiro atoms. The minimum atomic E-state index is -0.571. The van der Waals surface area contributed by atoms with Crippen molar-refractivity contribution in [1.29, 1.82) is 5.26 Å². The number of nitriles is 1. The minimum Gasteiger partial charge on any atom is -0.345 e. The SMILES string of the molecule is CC(NC(=O)/C(C#N)=c1/s/c(=C/c2ccc(F)cc2)c(=O)n1-c1ccccc1)c1ccccc1. The number of thiazole rings is 1. The third kappa shape index (κ3) is 4.87. The van der Waals surface area contributed by atoms with E-state index in [4.69, 9.17) is 0 Å². The maximum atomic E-state index is 13.4. The number of rotatable bonds is 5. The highest BCUT2D eigenvalue weighted by Gasteiger charge is 2.19. The molecule has 7 heteroatoms. The molecule has 0 fully saturated rings. The molecule has 0 bridgehead atoms. The smallest absolute Gasteiger partial charge is 0.273 e. The van der Waals surface area contributed by atoms with Gasteiger partial charge in [-0.15, -0.1) is 11.3 Å². The second-order valence-corrected chi connectivity index (χ2v) is 8.57. The number of hydrogen-bond acceptors (Lipinski definition) is 4. The Kier molecular flexibility index (Phi) is 6.81. The molecule has 1 amide bonds. The lowest BCUT2D eigenvalue weighted by Gasteiger charge is -2.13. The molecule has 1 aromatic heterocycles. The summed E-state index contributed by atoms with van der Waals surface area (Å²) in [4.78, 5) is 26.5. The Morgan fingerprint density at radius 1 is 1.03 bits per heavy atom. The molecule has 0 aliphatic carbocycles. The van der Waals surface area contributed by atoms with Crippen molar-refractivity contribution in [3.8, 4) is 11.8 Å². The fourth-order valence-electron chi connectivity index (χ4n) is 3.46. The molecule has 0 aliphatic rings. The van der Waals surface area contributed by atoms with Gasteiger partial charge in [-0.1, -0.05) is 60.7 Å². The molecule has 1 N–H and O–H groups in total. The molecule has 0 radical (unpaired) electrons. The van der Waals surface area contributed by atoms with Gasteiger partial charge in [-0.05, 0) is 48.4 Å². The number of nitrogens with one attached hydrogen (secondary N) is 1. The molecule has 34 heavy (non-hydrogen) atoms. The lowest BCUT2D eigenvalue weighted by molar-refractivity contribution is -0.116. The molecule has 1 atom stereocenters. The molecular weight excluding hydrogens is 449 g/mol. The maximum absolute atomic E-state index is 13.4. The van der Waals surface area contributed by atoms with Crippen molar-refractivity contribution in [3.05, 3.63) is 121 Å². The van der Waals surface area contributed by atoms with Crippen LogP contribution in [-0.2, 0) is 4.79 Å². The predicted octanol–water partition coefficient (Wildman–Crippen LogP) is 3.42. The van der Waals surface area contributed by atoms with E-state index in [0.29, 0.717) is 15.8 Å². The summed E-state index contributed by atoms with van der Waals surface area (Å²) in [5.41, 5.74) is 1.53. The fourth-order valence-corrected chi connectivity index (χ4v) is 4.56. The first kappa shape index (κ1) is 22.9. The van der Waals surface area contributed by atoms with E-state index in [1.54, 1.807) is 42.5 Å². The van der Waals surface area contributed by atoms with E-state index in [9.17, 15) is 19.2 Å². The van der Waals surface area contributed by atoms with Gasteiger partial charge < -0.3 is 5.32 Å². The first-order valence-corrected chi connectivity index (χ1v) is 11.3. The average molecular weight is 470 g/mol. The van der Waals surface area contributed by atoms with Crippen molar-refractivity contribution < 1.29 is 9.18 Å². The minimum absolute atomic E-state index is 0.160. The number of aromatic nitrogens is 1. The topological polar surface area (TPSA) is 74.9 Å². The van der Waals surface area contributed by atoms with Crippen LogP contribution in [0.25, 0.3) is 17.3 Å². The van der Waals surface area contributed by atoms with Crippen molar-refractivity contribution in [2.24, 2.45) is 0 Å². The van der Waals surface area contributed by atoms with Crippen LogP contribution in [0.5, 0.6) is 0 Å². The molecule has 168 valence electrons. The number of amides is 1. The van der Waals surface area contributed by atoms with Gasteiger partial charge in [0.15, 0.2) is 5.57 Å². The van der Waals surface area contributed by atoms with Gasteiger partial charge in [0.1, 0.15) is 16.5 Å². The van der Waals surface area contributed by atoms with Crippen LogP contribution < -0.4 is 20.1 Å². The summed E-state index contributed by atoms with van der Waals surface area (Å²) < 4.78 is 15.2. The number of carbonyl (C=O) groups is 1. The molecule has 5 nitrogen and oxygen atoms in total. The zero-order chi connectivity index (χ0) is 24.1. The fraction of sp³-hybridized carbons (Fsp3) is 0.0741. The van der Waals surface area contributed by atoms with Crippen LogP contribution in [0.1, 0.15) is 24.1 Å². The van der Waals surface area contributed by atoms with E-state index < -0.39 is 5.91 Å². The number of nitrogens with zero attached hydrogens (tertiary/aromatic N) is 2. The molecule has 4 rings (SSSR count). The summed E-state index contributed by atoms with van der Waals surface area (Å²) in [5, 5.41) is 12.8. The van der Waals surface area contributed by atoms with E-state index in [1.807, 2.05) is 49.4 Å². The van der Waals surface area contributed by atoms with E-state index in [-0.39, 0.29) is 27.7 Å². The second-order valence-electron chi connectivity index (χ2n) is 7.54. The number of para-hydroxylation sites is 1. The molecule has 4 aromatic rings. The van der Waals surface area contributed by atoms with Gasteiger partial charge >= 0.3 is 0 Å². The van der Waals surface area contributed by atoms with Gasteiger partial charge in [0, 0.05) is 0 Å². The zero-order valence-corrected chi connectivity index (χ0v) is 19.1. The van der Waals surface area contributed by atoms with Gasteiger partial charge in [0.05, 0.1) is 16.3 Å². The van der Waals surface area contributed by atoms with Crippen molar-refractivity contribution >= 4 is 28.9 Å². The summed E-state index contributed by atoms with van der Waals surface area (Å²) in [5.74, 6) is -0.951. The summed E-state index contributed by atoms with van der Waals surface area (Å²) in [7, 11) is 0. The zero-order valence-electron chi connectivity index (χ0n) is 18.2. The quantitative estimate of drug-likeness (QED) is 0.487. The van der Waals surface area contributed by atoms with Gasteiger partial charge in [-0.2, -0.15) is 5.26 Å². The van der Waals surface area contributed by atoms with Gasteiger partial charge in [0.2, 0.25) is 0 Å². The maximum Gasteiger partial charge on any atom is 0.273 e. The Hall–Kier alpha value is -4.28. The van der Waals surface area contributed by atoms with Gasteiger partial charge in [-0.25, -0.2) is 4.39 Å². The number of carbonyl (C=O) groups excluding carboxylic acids is 1. The summed E-state index contributed by atoms with van der Waals surface area (Å²) >= 11 is 1.04. The molecule has 0 saturated carbocycles. The Morgan fingerprint density at radius 3 is 2.26 bits per heavy atom. The molecule has 1 heterocycles. The third-order valence-corrected chi connectivity index (χ3v) is 6.30. The monoisotopic (exact) mass is 469 g/mol. The standard InChI is InChI=1S/C27H20FN3O2S/c1-18(20-8-4-2-5-9-20)30-25(32)23(17-29)27-31(22-10-6-3-7-11-22)26(33)24(34-27)16-19-12-14-21(28)15-13-19/h2-16,18H,1H3,(H,30,32)/b24-16+,27-23+. The lowest BCUT2D eigenvalue weighted by atomic mass is 10.1. The van der Waals surface area contributed by atoms with Crippen LogP contribution in [-0.4, -0.2) is 10.5 Å². The highest BCUT2D eigenvalue weighted by Crippen LogP contribution is 2.12. The molecular formula is C27H20FN3O2S. The molecule has 0 saturated heterocycles. The second kappa shape index (κ2) is 10.1. The van der Waals surface area contributed by atoms with Crippen LogP contribution in [0.3, 0.4) is 0 Å². The van der Waals surface area contributed by atoms with E-state index >= 15 is 0 Å². The van der Waals surface area contributed by atoms with Crippen LogP contribution in [0.2, 0.25) is 0 Å². The van der Waals surface area contributed by atoms with Crippen LogP contribution in [0.4, 0.5) is 4.39 Å². The molecule has 1 unspecified atom stereocenters. The Labute approximate surface area is 199 Å². The summed E-state index contributed by atoms with van der Waals surface area (Å²) in [6.07, 6.45) is 1.62.